The maximum atomic E-state index is 12.1. The molecule has 1 amide bonds. The lowest BCUT2D eigenvalue weighted by Crippen LogP contribution is -2.14. The zero-order valence-corrected chi connectivity index (χ0v) is 17.5. The number of rotatable bonds is 7. The van der Waals surface area contributed by atoms with Crippen molar-refractivity contribution in [1.82, 2.24) is 14.8 Å². The molecule has 27 heavy (non-hydrogen) atoms. The van der Waals surface area contributed by atoms with Gasteiger partial charge in [-0.3, -0.25) is 4.79 Å². The van der Waals surface area contributed by atoms with Crippen molar-refractivity contribution < 1.29 is 4.79 Å². The molecule has 0 aliphatic rings. The number of hydrogen-bond donors (Lipinski definition) is 2. The number of benzene rings is 2. The number of nitrogens with zero attached hydrogens (tertiary/aromatic N) is 3. The van der Waals surface area contributed by atoms with Crippen molar-refractivity contribution >= 4 is 45.0 Å². The molecule has 140 valence electrons. The summed E-state index contributed by atoms with van der Waals surface area (Å²) in [6, 6.07) is 15.7. The van der Waals surface area contributed by atoms with Crippen LogP contribution in [-0.4, -0.2) is 26.4 Å². The summed E-state index contributed by atoms with van der Waals surface area (Å²) in [7, 11) is 1.90. The molecule has 0 saturated carbocycles. The molecule has 0 unspecified atom stereocenters. The number of anilines is 2. The molecule has 2 N–H and O–H groups in total. The Morgan fingerprint density at radius 1 is 1.07 bits per heavy atom. The molecule has 0 fully saturated rings. The van der Waals surface area contributed by atoms with Gasteiger partial charge in [-0.25, -0.2) is 0 Å². The Kier molecular flexibility index (Phi) is 6.52. The van der Waals surface area contributed by atoms with E-state index in [1.54, 1.807) is 0 Å². The normalized spacial score (nSPS) is 10.6. The van der Waals surface area contributed by atoms with E-state index in [-0.39, 0.29) is 11.7 Å². The lowest BCUT2D eigenvalue weighted by Gasteiger charge is -2.07. The summed E-state index contributed by atoms with van der Waals surface area (Å²) in [5.74, 6) is 1.00. The lowest BCUT2D eigenvalue weighted by atomic mass is 10.2. The van der Waals surface area contributed by atoms with E-state index in [0.717, 1.165) is 21.7 Å². The van der Waals surface area contributed by atoms with E-state index < -0.39 is 0 Å². The van der Waals surface area contributed by atoms with Gasteiger partial charge in [0.25, 0.3) is 0 Å². The van der Waals surface area contributed by atoms with Crippen LogP contribution in [0.15, 0.2) is 58.2 Å². The fraction of sp³-hybridized carbons (Fsp3) is 0.211. The Balaban J connectivity index is 1.51. The monoisotopic (exact) mass is 445 g/mol. The fourth-order valence-corrected chi connectivity index (χ4v) is 3.33. The van der Waals surface area contributed by atoms with E-state index in [4.69, 9.17) is 0 Å². The first-order chi connectivity index (χ1) is 13.0. The van der Waals surface area contributed by atoms with Crippen LogP contribution in [-0.2, 0) is 18.4 Å². The van der Waals surface area contributed by atoms with Gasteiger partial charge in [0, 0.05) is 22.9 Å². The molecule has 0 atom stereocenters. The average Bonchev–Trinajstić information content (AvgIpc) is 3.01. The molecule has 3 rings (SSSR count). The first kappa shape index (κ1) is 19.4. The minimum atomic E-state index is -0.0790. The lowest BCUT2D eigenvalue weighted by molar-refractivity contribution is -0.113. The molecule has 0 radical (unpaired) electrons. The summed E-state index contributed by atoms with van der Waals surface area (Å²) in [5, 5.41) is 15.3. The van der Waals surface area contributed by atoms with E-state index in [0.29, 0.717) is 11.7 Å². The Bertz CT molecular complexity index is 909. The van der Waals surface area contributed by atoms with Crippen molar-refractivity contribution in [2.45, 2.75) is 18.6 Å². The quantitative estimate of drug-likeness (QED) is 0.532. The van der Waals surface area contributed by atoms with Crippen LogP contribution < -0.4 is 10.6 Å². The molecule has 1 heterocycles. The number of aromatic nitrogens is 3. The summed E-state index contributed by atoms with van der Waals surface area (Å²) < 4.78 is 2.87. The summed E-state index contributed by atoms with van der Waals surface area (Å²) in [4.78, 5) is 12.1. The third-order valence-corrected chi connectivity index (χ3v) is 5.44. The standard InChI is InChI=1S/C19H20BrN5OS/c1-13-3-7-15(8-4-13)21-11-17-23-24-19(25(17)2)27-12-18(26)22-16-9-5-14(20)6-10-16/h3-10,21H,11-12H2,1-2H3,(H,22,26). The third kappa shape index (κ3) is 5.58. The van der Waals surface area contributed by atoms with Crippen LogP contribution in [0.4, 0.5) is 11.4 Å². The molecular formula is C19H20BrN5OS. The van der Waals surface area contributed by atoms with E-state index in [1.165, 1.54) is 17.3 Å². The van der Waals surface area contributed by atoms with Gasteiger partial charge in [0.2, 0.25) is 5.91 Å². The zero-order valence-electron chi connectivity index (χ0n) is 15.1. The molecular weight excluding hydrogens is 426 g/mol. The van der Waals surface area contributed by atoms with Crippen molar-refractivity contribution in [2.75, 3.05) is 16.4 Å². The summed E-state index contributed by atoms with van der Waals surface area (Å²) in [6.07, 6.45) is 0. The summed E-state index contributed by atoms with van der Waals surface area (Å²) >= 11 is 4.74. The number of thioether (sulfide) groups is 1. The molecule has 0 aliphatic carbocycles. The molecule has 6 nitrogen and oxygen atoms in total. The first-order valence-electron chi connectivity index (χ1n) is 8.38. The summed E-state index contributed by atoms with van der Waals surface area (Å²) in [6.45, 7) is 2.63. The number of halogens is 1. The summed E-state index contributed by atoms with van der Waals surface area (Å²) in [5.41, 5.74) is 3.02. The van der Waals surface area contributed by atoms with Crippen molar-refractivity contribution in [3.8, 4) is 0 Å². The molecule has 1 aromatic heterocycles. The van der Waals surface area contributed by atoms with Crippen molar-refractivity contribution in [1.29, 1.82) is 0 Å². The minimum Gasteiger partial charge on any atom is -0.378 e. The van der Waals surface area contributed by atoms with Gasteiger partial charge in [-0.05, 0) is 43.3 Å². The maximum absolute atomic E-state index is 12.1. The molecule has 0 aliphatic heterocycles. The second-order valence-electron chi connectivity index (χ2n) is 6.02. The highest BCUT2D eigenvalue weighted by molar-refractivity contribution is 9.10. The molecule has 8 heteroatoms. The molecule has 2 aromatic carbocycles. The number of carbonyl (C=O) groups excluding carboxylic acids is 1. The van der Waals surface area contributed by atoms with Gasteiger partial charge in [0.05, 0.1) is 12.3 Å². The van der Waals surface area contributed by atoms with Crippen LogP contribution in [0.3, 0.4) is 0 Å². The number of aryl methyl sites for hydroxylation is 1. The number of amides is 1. The fourth-order valence-electron chi connectivity index (χ4n) is 2.34. The minimum absolute atomic E-state index is 0.0790. The van der Waals surface area contributed by atoms with Gasteiger partial charge in [-0.15, -0.1) is 10.2 Å². The van der Waals surface area contributed by atoms with E-state index in [2.05, 4.69) is 55.8 Å². The number of carbonyl (C=O) groups is 1. The average molecular weight is 446 g/mol. The molecule has 0 spiro atoms. The van der Waals surface area contributed by atoms with Crippen molar-refractivity contribution in [2.24, 2.45) is 7.05 Å². The van der Waals surface area contributed by atoms with Gasteiger partial charge < -0.3 is 15.2 Å². The van der Waals surface area contributed by atoms with Crippen LogP contribution >= 0.6 is 27.7 Å². The Morgan fingerprint density at radius 3 is 2.44 bits per heavy atom. The largest absolute Gasteiger partial charge is 0.378 e. The Morgan fingerprint density at radius 2 is 1.74 bits per heavy atom. The second-order valence-corrected chi connectivity index (χ2v) is 7.88. The second kappa shape index (κ2) is 9.05. The highest BCUT2D eigenvalue weighted by Crippen LogP contribution is 2.18. The van der Waals surface area contributed by atoms with Gasteiger partial charge in [0.1, 0.15) is 0 Å². The van der Waals surface area contributed by atoms with Gasteiger partial charge in [-0.2, -0.15) is 0 Å². The zero-order chi connectivity index (χ0) is 19.2. The SMILES string of the molecule is Cc1ccc(NCc2nnc(SCC(=O)Nc3ccc(Br)cc3)n2C)cc1. The maximum Gasteiger partial charge on any atom is 0.234 e. The Labute approximate surface area is 170 Å². The van der Waals surface area contributed by atoms with Crippen LogP contribution in [0.5, 0.6) is 0 Å². The highest BCUT2D eigenvalue weighted by Gasteiger charge is 2.11. The molecule has 0 bridgehead atoms. The number of hydrogen-bond acceptors (Lipinski definition) is 5. The van der Waals surface area contributed by atoms with E-state index in [1.807, 2.05) is 48.0 Å². The molecule has 0 saturated heterocycles. The Hall–Kier alpha value is -2.32. The topological polar surface area (TPSA) is 71.8 Å². The highest BCUT2D eigenvalue weighted by atomic mass is 79.9. The smallest absolute Gasteiger partial charge is 0.234 e. The van der Waals surface area contributed by atoms with Gasteiger partial charge >= 0.3 is 0 Å². The predicted molar refractivity (Wildman–Crippen MR) is 113 cm³/mol. The molecule has 3 aromatic rings. The van der Waals surface area contributed by atoms with Crippen LogP contribution in [0.1, 0.15) is 11.4 Å². The van der Waals surface area contributed by atoms with Crippen LogP contribution in [0.25, 0.3) is 0 Å². The van der Waals surface area contributed by atoms with Crippen LogP contribution in [0.2, 0.25) is 0 Å². The number of nitrogens with one attached hydrogen (secondary N) is 2. The van der Waals surface area contributed by atoms with Gasteiger partial charge in [-0.1, -0.05) is 45.4 Å². The van der Waals surface area contributed by atoms with E-state index >= 15 is 0 Å². The third-order valence-electron chi connectivity index (χ3n) is 3.89. The first-order valence-corrected chi connectivity index (χ1v) is 10.2. The van der Waals surface area contributed by atoms with E-state index in [9.17, 15) is 4.79 Å². The van der Waals surface area contributed by atoms with Crippen molar-refractivity contribution in [3.63, 3.8) is 0 Å². The van der Waals surface area contributed by atoms with Crippen molar-refractivity contribution in [3.05, 3.63) is 64.4 Å². The predicted octanol–water partition coefficient (Wildman–Crippen LogP) is 4.23. The van der Waals surface area contributed by atoms with Gasteiger partial charge in [0.15, 0.2) is 11.0 Å². The van der Waals surface area contributed by atoms with Crippen LogP contribution in [0, 0.1) is 6.92 Å².